The number of furan rings is 1. The molecule has 0 spiro atoms. The van der Waals surface area contributed by atoms with E-state index < -0.39 is 0 Å². The van der Waals surface area contributed by atoms with Crippen LogP contribution in [0.4, 0.5) is 17.3 Å². The lowest BCUT2D eigenvalue weighted by atomic mass is 10.0. The van der Waals surface area contributed by atoms with Gasteiger partial charge in [0.2, 0.25) is 5.91 Å². The molecule has 1 fully saturated rings. The van der Waals surface area contributed by atoms with Crippen LogP contribution in [0.3, 0.4) is 0 Å². The van der Waals surface area contributed by atoms with Crippen LogP contribution in [0.15, 0.2) is 29.1 Å². The number of anilines is 3. The largest absolute Gasteiger partial charge is 0.459 e. The zero-order chi connectivity index (χ0) is 19.7. The molecular weight excluding hydrogens is 360 g/mol. The number of carbonyl (C=O) groups is 2. The van der Waals surface area contributed by atoms with E-state index in [9.17, 15) is 9.59 Å². The summed E-state index contributed by atoms with van der Waals surface area (Å²) >= 11 is 0. The topological polar surface area (TPSA) is 104 Å². The molecule has 28 heavy (non-hydrogen) atoms. The number of hydrogen-bond donors (Lipinski definition) is 2. The van der Waals surface area contributed by atoms with E-state index in [1.165, 1.54) is 12.6 Å². The summed E-state index contributed by atoms with van der Waals surface area (Å²) in [5.74, 6) is 1.89. The molecule has 2 aromatic rings. The average Bonchev–Trinajstić information content (AvgIpc) is 3.22. The highest BCUT2D eigenvalue weighted by molar-refractivity contribution is 6.05. The summed E-state index contributed by atoms with van der Waals surface area (Å²) in [5.41, 5.74) is 0.610. The molecule has 0 radical (unpaired) electrons. The van der Waals surface area contributed by atoms with Crippen molar-refractivity contribution < 1.29 is 14.0 Å². The van der Waals surface area contributed by atoms with Gasteiger partial charge in [0, 0.05) is 26.2 Å². The van der Waals surface area contributed by atoms with E-state index in [4.69, 9.17) is 4.42 Å². The summed E-state index contributed by atoms with van der Waals surface area (Å²) in [6, 6.07) is 3.08. The van der Waals surface area contributed by atoms with Gasteiger partial charge in [-0.3, -0.25) is 9.59 Å². The molecule has 0 bridgehead atoms. The van der Waals surface area contributed by atoms with Crippen molar-refractivity contribution in [1.29, 1.82) is 0 Å². The maximum atomic E-state index is 12.5. The lowest BCUT2D eigenvalue weighted by Gasteiger charge is -2.37. The maximum Gasteiger partial charge on any atom is 0.289 e. The van der Waals surface area contributed by atoms with Crippen LogP contribution in [0, 0.1) is 5.92 Å². The summed E-state index contributed by atoms with van der Waals surface area (Å²) in [6.45, 7) is 6.49. The third kappa shape index (κ3) is 3.51. The first-order chi connectivity index (χ1) is 13.5. The molecule has 1 unspecified atom stereocenters. The molecule has 148 valence electrons. The van der Waals surface area contributed by atoms with Gasteiger partial charge in [-0.1, -0.05) is 13.8 Å². The van der Waals surface area contributed by atoms with Crippen molar-refractivity contribution in [3.8, 4) is 0 Å². The third-order valence-electron chi connectivity index (χ3n) is 5.01. The van der Waals surface area contributed by atoms with Gasteiger partial charge in [-0.25, -0.2) is 9.97 Å². The van der Waals surface area contributed by atoms with E-state index in [2.05, 4.69) is 39.3 Å². The van der Waals surface area contributed by atoms with Gasteiger partial charge in [0.1, 0.15) is 18.1 Å². The second-order valence-electron chi connectivity index (χ2n) is 7.49. The first-order valence-corrected chi connectivity index (χ1v) is 9.53. The minimum atomic E-state index is -0.294. The molecule has 4 heterocycles. The standard InChI is InChI=1S/C19H24N6O3/c1-12(2)10-13-18(26)23-15-16(22-13)20-11-21-17(15)24-5-7-25(8-6-24)19(27)14-4-3-9-28-14/h3-4,9,11-13H,5-8,10H2,1-2H3,(H,23,26)(H,20,21,22). The first-order valence-electron chi connectivity index (χ1n) is 9.53. The van der Waals surface area contributed by atoms with Crippen molar-refractivity contribution in [3.05, 3.63) is 30.5 Å². The van der Waals surface area contributed by atoms with Gasteiger partial charge in [0.05, 0.1) is 6.26 Å². The molecule has 9 heteroatoms. The Morgan fingerprint density at radius 3 is 2.75 bits per heavy atom. The zero-order valence-electron chi connectivity index (χ0n) is 16.0. The molecule has 2 aliphatic rings. The Kier molecular flexibility index (Phi) is 4.89. The molecule has 2 aliphatic heterocycles. The molecule has 0 aliphatic carbocycles. The van der Waals surface area contributed by atoms with Crippen LogP contribution in [0.2, 0.25) is 0 Å². The predicted molar refractivity (Wildman–Crippen MR) is 104 cm³/mol. The molecule has 1 saturated heterocycles. The number of nitrogens with zero attached hydrogens (tertiary/aromatic N) is 4. The number of hydrogen-bond acceptors (Lipinski definition) is 7. The Morgan fingerprint density at radius 1 is 1.29 bits per heavy atom. The second kappa shape index (κ2) is 7.49. The van der Waals surface area contributed by atoms with Crippen molar-refractivity contribution >= 4 is 29.1 Å². The molecule has 9 nitrogen and oxygen atoms in total. The fourth-order valence-corrected chi connectivity index (χ4v) is 3.60. The third-order valence-corrected chi connectivity index (χ3v) is 5.01. The van der Waals surface area contributed by atoms with Crippen molar-refractivity contribution in [3.63, 3.8) is 0 Å². The van der Waals surface area contributed by atoms with Gasteiger partial charge >= 0.3 is 0 Å². The number of rotatable bonds is 4. The fraction of sp³-hybridized carbons (Fsp3) is 0.474. The Hall–Kier alpha value is -3.10. The van der Waals surface area contributed by atoms with E-state index in [1.54, 1.807) is 17.0 Å². The predicted octanol–water partition coefficient (Wildman–Crippen LogP) is 1.81. The highest BCUT2D eigenvalue weighted by Crippen LogP contribution is 2.34. The lowest BCUT2D eigenvalue weighted by Crippen LogP contribution is -2.49. The van der Waals surface area contributed by atoms with Crippen molar-refractivity contribution in [2.45, 2.75) is 26.3 Å². The highest BCUT2D eigenvalue weighted by Gasteiger charge is 2.32. The van der Waals surface area contributed by atoms with Crippen LogP contribution in [0.5, 0.6) is 0 Å². The molecule has 0 aromatic carbocycles. The van der Waals surface area contributed by atoms with E-state index in [1.807, 2.05) is 0 Å². The smallest absolute Gasteiger partial charge is 0.289 e. The SMILES string of the molecule is CC(C)CC1Nc2ncnc(N3CCN(C(=O)c4ccco4)CC3)c2NC1=O. The lowest BCUT2D eigenvalue weighted by molar-refractivity contribution is -0.117. The Balaban J connectivity index is 1.47. The summed E-state index contributed by atoms with van der Waals surface area (Å²) in [5, 5.41) is 6.21. The summed E-state index contributed by atoms with van der Waals surface area (Å²) in [4.78, 5) is 37.4. The van der Waals surface area contributed by atoms with E-state index in [0.29, 0.717) is 55.2 Å². The van der Waals surface area contributed by atoms with Crippen LogP contribution in [0.1, 0.15) is 30.8 Å². The van der Waals surface area contributed by atoms with Crippen molar-refractivity contribution in [2.75, 3.05) is 41.7 Å². The number of carbonyl (C=O) groups excluding carboxylic acids is 2. The normalized spacial score (nSPS) is 19.2. The van der Waals surface area contributed by atoms with E-state index >= 15 is 0 Å². The van der Waals surface area contributed by atoms with Crippen LogP contribution in [-0.4, -0.2) is 58.9 Å². The number of fused-ring (bicyclic) bond motifs is 1. The highest BCUT2D eigenvalue weighted by atomic mass is 16.3. The van der Waals surface area contributed by atoms with Gasteiger partial charge in [-0.2, -0.15) is 0 Å². The van der Waals surface area contributed by atoms with Gasteiger partial charge < -0.3 is 24.9 Å². The molecule has 0 saturated carbocycles. The molecule has 4 rings (SSSR count). The average molecular weight is 384 g/mol. The Morgan fingerprint density at radius 2 is 2.07 bits per heavy atom. The number of piperazine rings is 1. The first kappa shape index (κ1) is 18.3. The maximum absolute atomic E-state index is 12.5. The van der Waals surface area contributed by atoms with Crippen LogP contribution in [0.25, 0.3) is 0 Å². The van der Waals surface area contributed by atoms with E-state index in [-0.39, 0.29) is 17.9 Å². The van der Waals surface area contributed by atoms with Crippen molar-refractivity contribution in [1.82, 2.24) is 14.9 Å². The number of amides is 2. The molecule has 2 N–H and O–H groups in total. The minimum absolute atomic E-state index is 0.0658. The van der Waals surface area contributed by atoms with Gasteiger partial charge in [-0.05, 0) is 24.5 Å². The summed E-state index contributed by atoms with van der Waals surface area (Å²) in [7, 11) is 0. The number of nitrogens with one attached hydrogen (secondary N) is 2. The molecular formula is C19H24N6O3. The number of aromatic nitrogens is 2. The van der Waals surface area contributed by atoms with Crippen molar-refractivity contribution in [2.24, 2.45) is 5.92 Å². The monoisotopic (exact) mass is 384 g/mol. The summed E-state index contributed by atoms with van der Waals surface area (Å²) < 4.78 is 5.20. The van der Waals surface area contributed by atoms with Gasteiger partial charge in [0.25, 0.3) is 5.91 Å². The molecule has 2 amide bonds. The van der Waals surface area contributed by atoms with Crippen LogP contribution >= 0.6 is 0 Å². The van der Waals surface area contributed by atoms with Gasteiger partial charge in [-0.15, -0.1) is 0 Å². The van der Waals surface area contributed by atoms with Gasteiger partial charge in [0.15, 0.2) is 17.4 Å². The van der Waals surface area contributed by atoms with Crippen LogP contribution in [-0.2, 0) is 4.79 Å². The molecule has 1 atom stereocenters. The summed E-state index contributed by atoms with van der Waals surface area (Å²) in [6.07, 6.45) is 3.74. The fourth-order valence-electron chi connectivity index (χ4n) is 3.60. The van der Waals surface area contributed by atoms with E-state index in [0.717, 1.165) is 6.42 Å². The minimum Gasteiger partial charge on any atom is -0.459 e. The Labute approximate surface area is 163 Å². The Bertz CT molecular complexity index is 859. The quantitative estimate of drug-likeness (QED) is 0.828. The van der Waals surface area contributed by atoms with Crippen LogP contribution < -0.4 is 15.5 Å². The second-order valence-corrected chi connectivity index (χ2v) is 7.49. The zero-order valence-corrected chi connectivity index (χ0v) is 16.0. The molecule has 2 aromatic heterocycles.